The lowest BCUT2D eigenvalue weighted by molar-refractivity contribution is 0.668. The van der Waals surface area contributed by atoms with E-state index in [0.717, 1.165) is 19.3 Å². The van der Waals surface area contributed by atoms with Crippen LogP contribution in [0.25, 0.3) is 0 Å². The molecule has 1 nitrogen and oxygen atoms in total. The number of aryl methyl sites for hydroxylation is 1. The highest BCUT2D eigenvalue weighted by Crippen LogP contribution is 2.35. The number of anilines is 1. The Morgan fingerprint density at radius 3 is 2.78 bits per heavy atom. The molecule has 0 saturated heterocycles. The fourth-order valence-corrected chi connectivity index (χ4v) is 3.88. The second kappa shape index (κ2) is 7.68. The number of allylic oxidation sites excluding steroid dienone is 5. The summed E-state index contributed by atoms with van der Waals surface area (Å²) < 4.78 is 0. The lowest BCUT2D eigenvalue weighted by Crippen LogP contribution is -2.10. The molecule has 0 amide bonds. The van der Waals surface area contributed by atoms with Crippen molar-refractivity contribution in [2.45, 2.75) is 65.2 Å². The van der Waals surface area contributed by atoms with E-state index in [1.807, 2.05) is 0 Å². The number of benzene rings is 1. The molecule has 0 heterocycles. The van der Waals surface area contributed by atoms with Gasteiger partial charge in [0, 0.05) is 11.4 Å². The Kier molecular flexibility index (Phi) is 5.38. The van der Waals surface area contributed by atoms with E-state index >= 15 is 0 Å². The zero-order valence-electron chi connectivity index (χ0n) is 14.6. The number of nitrogens with one attached hydrogen (secondary N) is 1. The number of hydrogen-bond donors (Lipinski definition) is 1. The molecular weight excluding hydrogens is 278 g/mol. The van der Waals surface area contributed by atoms with Gasteiger partial charge in [0.1, 0.15) is 0 Å². The molecule has 0 unspecified atom stereocenters. The maximum Gasteiger partial charge on any atom is 0.0419 e. The molecule has 122 valence electrons. The Morgan fingerprint density at radius 1 is 1.09 bits per heavy atom. The van der Waals surface area contributed by atoms with Crippen molar-refractivity contribution in [3.8, 4) is 0 Å². The van der Waals surface area contributed by atoms with Crippen molar-refractivity contribution in [2.75, 3.05) is 5.32 Å². The smallest absolute Gasteiger partial charge is 0.0419 e. The molecule has 3 rings (SSSR count). The molecule has 0 bridgehead atoms. The highest BCUT2D eigenvalue weighted by atomic mass is 14.9. The zero-order chi connectivity index (χ0) is 16.1. The van der Waals surface area contributed by atoms with Crippen LogP contribution >= 0.6 is 0 Å². The molecule has 0 fully saturated rings. The van der Waals surface area contributed by atoms with Crippen molar-refractivity contribution in [1.82, 2.24) is 0 Å². The molecule has 1 aromatic carbocycles. The first-order valence-electron chi connectivity index (χ1n) is 9.29. The van der Waals surface area contributed by atoms with Gasteiger partial charge in [-0.2, -0.15) is 0 Å². The summed E-state index contributed by atoms with van der Waals surface area (Å²) in [5, 5.41) is 3.80. The minimum absolute atomic E-state index is 1.11. The molecular formula is C22H29N. The van der Waals surface area contributed by atoms with E-state index < -0.39 is 0 Å². The lowest BCUT2D eigenvalue weighted by Gasteiger charge is -2.23. The van der Waals surface area contributed by atoms with Crippen LogP contribution in [0.2, 0.25) is 0 Å². The van der Waals surface area contributed by atoms with Gasteiger partial charge < -0.3 is 5.32 Å². The van der Waals surface area contributed by atoms with Gasteiger partial charge >= 0.3 is 0 Å². The van der Waals surface area contributed by atoms with Gasteiger partial charge in [-0.15, -0.1) is 0 Å². The second-order valence-electron chi connectivity index (χ2n) is 6.67. The molecule has 0 aliphatic heterocycles. The molecule has 23 heavy (non-hydrogen) atoms. The van der Waals surface area contributed by atoms with Crippen LogP contribution in [-0.4, -0.2) is 0 Å². The van der Waals surface area contributed by atoms with Crippen LogP contribution in [0.3, 0.4) is 0 Å². The number of hydrogen-bond acceptors (Lipinski definition) is 1. The van der Waals surface area contributed by atoms with Gasteiger partial charge in [-0.3, -0.25) is 0 Å². The third-order valence-corrected chi connectivity index (χ3v) is 5.09. The SMILES string of the molecule is CCCc1c(CC)cccc1NC1=CC=CCC2=C1CCCC2. The third-order valence-electron chi connectivity index (χ3n) is 5.09. The Morgan fingerprint density at radius 2 is 1.96 bits per heavy atom. The van der Waals surface area contributed by atoms with Gasteiger partial charge in [0.05, 0.1) is 0 Å². The summed E-state index contributed by atoms with van der Waals surface area (Å²) in [5.41, 5.74) is 8.85. The van der Waals surface area contributed by atoms with Crippen LogP contribution in [0.4, 0.5) is 5.69 Å². The van der Waals surface area contributed by atoms with Gasteiger partial charge in [0.15, 0.2) is 0 Å². The van der Waals surface area contributed by atoms with Crippen molar-refractivity contribution in [3.63, 3.8) is 0 Å². The van der Waals surface area contributed by atoms with Crippen molar-refractivity contribution >= 4 is 5.69 Å². The average Bonchev–Trinajstić information content (AvgIpc) is 2.79. The van der Waals surface area contributed by atoms with E-state index in [-0.39, 0.29) is 0 Å². The Balaban J connectivity index is 1.94. The van der Waals surface area contributed by atoms with E-state index in [9.17, 15) is 0 Å². The minimum atomic E-state index is 1.11. The average molecular weight is 307 g/mol. The van der Waals surface area contributed by atoms with Crippen LogP contribution in [0, 0.1) is 0 Å². The van der Waals surface area contributed by atoms with Gasteiger partial charge in [0.2, 0.25) is 0 Å². The first kappa shape index (κ1) is 16.1. The maximum atomic E-state index is 3.80. The molecule has 0 saturated carbocycles. The maximum absolute atomic E-state index is 3.80. The van der Waals surface area contributed by atoms with Gasteiger partial charge in [-0.05, 0) is 73.8 Å². The molecule has 0 aromatic heterocycles. The molecule has 0 spiro atoms. The van der Waals surface area contributed by atoms with E-state index in [2.05, 4.69) is 55.6 Å². The fraction of sp³-hybridized carbons (Fsp3) is 0.455. The summed E-state index contributed by atoms with van der Waals surface area (Å²) in [6.45, 7) is 4.53. The lowest BCUT2D eigenvalue weighted by atomic mass is 9.88. The quantitative estimate of drug-likeness (QED) is 0.670. The van der Waals surface area contributed by atoms with E-state index in [0.29, 0.717) is 0 Å². The van der Waals surface area contributed by atoms with Gasteiger partial charge in [-0.25, -0.2) is 0 Å². The summed E-state index contributed by atoms with van der Waals surface area (Å²) in [6, 6.07) is 6.73. The summed E-state index contributed by atoms with van der Waals surface area (Å²) in [7, 11) is 0. The highest BCUT2D eigenvalue weighted by molar-refractivity contribution is 5.62. The Labute approximate surface area is 141 Å². The topological polar surface area (TPSA) is 12.0 Å². The number of rotatable bonds is 5. The van der Waals surface area contributed by atoms with Crippen LogP contribution in [0.15, 0.2) is 53.3 Å². The first-order chi connectivity index (χ1) is 11.3. The minimum Gasteiger partial charge on any atom is -0.355 e. The van der Waals surface area contributed by atoms with Crippen LogP contribution < -0.4 is 5.32 Å². The summed E-state index contributed by atoms with van der Waals surface area (Å²) in [5.74, 6) is 0. The monoisotopic (exact) mass is 307 g/mol. The fourth-order valence-electron chi connectivity index (χ4n) is 3.88. The summed E-state index contributed by atoms with van der Waals surface area (Å²) in [6.07, 6.45) is 16.6. The van der Waals surface area contributed by atoms with E-state index in [4.69, 9.17) is 0 Å². The van der Waals surface area contributed by atoms with Crippen molar-refractivity contribution in [3.05, 3.63) is 64.4 Å². The Bertz CT molecular complexity index is 646. The predicted octanol–water partition coefficient (Wildman–Crippen LogP) is 6.33. The second-order valence-corrected chi connectivity index (χ2v) is 6.67. The molecule has 2 aliphatic rings. The van der Waals surface area contributed by atoms with Gasteiger partial charge in [0.25, 0.3) is 0 Å². The van der Waals surface area contributed by atoms with Crippen molar-refractivity contribution in [2.24, 2.45) is 0 Å². The molecule has 2 aliphatic carbocycles. The summed E-state index contributed by atoms with van der Waals surface area (Å²) in [4.78, 5) is 0. The molecule has 0 atom stereocenters. The van der Waals surface area contributed by atoms with Crippen LogP contribution in [0.1, 0.15) is 63.5 Å². The van der Waals surface area contributed by atoms with E-state index in [1.165, 1.54) is 54.6 Å². The zero-order valence-corrected chi connectivity index (χ0v) is 14.6. The van der Waals surface area contributed by atoms with Gasteiger partial charge in [-0.1, -0.05) is 50.1 Å². The third kappa shape index (κ3) is 3.60. The molecule has 1 heteroatoms. The van der Waals surface area contributed by atoms with Crippen molar-refractivity contribution < 1.29 is 0 Å². The molecule has 1 N–H and O–H groups in total. The standard InChI is InChI=1S/C22H29N/c1-3-10-19-17(4-2)13-9-16-22(19)23-21-15-8-6-12-18-11-5-7-14-20(18)21/h6,8-9,13,15-16,23H,3-5,7,10-12,14H2,1-2H3. The highest BCUT2D eigenvalue weighted by Gasteiger charge is 2.18. The Hall–Kier alpha value is -1.76. The van der Waals surface area contributed by atoms with Crippen molar-refractivity contribution in [1.29, 1.82) is 0 Å². The first-order valence-corrected chi connectivity index (χ1v) is 9.29. The van der Waals surface area contributed by atoms with E-state index in [1.54, 1.807) is 11.1 Å². The normalized spacial score (nSPS) is 17.6. The molecule has 0 radical (unpaired) electrons. The predicted molar refractivity (Wildman–Crippen MR) is 101 cm³/mol. The van der Waals surface area contributed by atoms with Crippen LogP contribution in [0.5, 0.6) is 0 Å². The van der Waals surface area contributed by atoms with Crippen LogP contribution in [-0.2, 0) is 12.8 Å². The largest absolute Gasteiger partial charge is 0.355 e. The summed E-state index contributed by atoms with van der Waals surface area (Å²) >= 11 is 0. The molecule has 1 aromatic rings.